The zero-order valence-electron chi connectivity index (χ0n) is 14.1. The highest BCUT2D eigenvalue weighted by atomic mass is 35.5. The summed E-state index contributed by atoms with van der Waals surface area (Å²) < 4.78 is 0. The van der Waals surface area contributed by atoms with Crippen LogP contribution in [-0.2, 0) is 0 Å². The minimum absolute atomic E-state index is 0.782. The van der Waals surface area contributed by atoms with Crippen LogP contribution >= 0.6 is 11.6 Å². The predicted octanol–water partition coefficient (Wildman–Crippen LogP) is 7.22. The summed E-state index contributed by atoms with van der Waals surface area (Å²) in [5.74, 6) is 3.82. The molecule has 1 heteroatoms. The highest BCUT2D eigenvalue weighted by molar-refractivity contribution is 6.30. The average molecular weight is 319 g/mol. The lowest BCUT2D eigenvalue weighted by Gasteiger charge is -2.31. The molecule has 3 rings (SSSR count). The fourth-order valence-corrected chi connectivity index (χ4v) is 4.73. The van der Waals surface area contributed by atoms with Crippen molar-refractivity contribution < 1.29 is 0 Å². The normalized spacial score (nSPS) is 32.8. The lowest BCUT2D eigenvalue weighted by Crippen LogP contribution is -2.16. The first kappa shape index (κ1) is 16.4. The summed E-state index contributed by atoms with van der Waals surface area (Å²) in [6, 6.07) is 8.56. The summed E-state index contributed by atoms with van der Waals surface area (Å²) in [5.41, 5.74) is 1.50. The minimum atomic E-state index is 0.782. The Morgan fingerprint density at radius 1 is 0.773 bits per heavy atom. The quantitative estimate of drug-likeness (QED) is 0.549. The van der Waals surface area contributed by atoms with Crippen LogP contribution in [0.5, 0.6) is 0 Å². The van der Waals surface area contributed by atoms with Gasteiger partial charge in [0.15, 0.2) is 0 Å². The maximum atomic E-state index is 6.00. The van der Waals surface area contributed by atoms with Crippen LogP contribution in [0.3, 0.4) is 0 Å². The lowest BCUT2D eigenvalue weighted by molar-refractivity contribution is 0.237. The fourth-order valence-electron chi connectivity index (χ4n) is 4.61. The van der Waals surface area contributed by atoms with E-state index in [0.29, 0.717) is 0 Å². The molecule has 0 radical (unpaired) electrons. The van der Waals surface area contributed by atoms with Crippen molar-refractivity contribution in [3.63, 3.8) is 0 Å². The van der Waals surface area contributed by atoms with Gasteiger partial charge < -0.3 is 0 Å². The molecule has 0 bridgehead atoms. The summed E-state index contributed by atoms with van der Waals surface area (Å²) in [5, 5.41) is 0.860. The summed E-state index contributed by atoms with van der Waals surface area (Å²) in [6.07, 6.45) is 14.6. The van der Waals surface area contributed by atoms with Gasteiger partial charge in [0, 0.05) is 5.02 Å². The molecular formula is C21H31Cl. The Balaban J connectivity index is 1.39. The van der Waals surface area contributed by atoms with Gasteiger partial charge in [-0.25, -0.2) is 0 Å². The van der Waals surface area contributed by atoms with E-state index in [1.54, 1.807) is 0 Å². The molecule has 2 fully saturated rings. The van der Waals surface area contributed by atoms with Gasteiger partial charge in [-0.05, 0) is 67.1 Å². The topological polar surface area (TPSA) is 0 Å². The third kappa shape index (κ3) is 4.51. The summed E-state index contributed by atoms with van der Waals surface area (Å²) in [7, 11) is 0. The average Bonchev–Trinajstić information content (AvgIpc) is 2.56. The molecule has 0 heterocycles. The molecule has 122 valence electrons. The van der Waals surface area contributed by atoms with Crippen molar-refractivity contribution in [2.45, 2.75) is 77.0 Å². The number of halogens is 1. The van der Waals surface area contributed by atoms with Gasteiger partial charge >= 0.3 is 0 Å². The Labute approximate surface area is 141 Å². The zero-order valence-corrected chi connectivity index (χ0v) is 14.8. The predicted molar refractivity (Wildman–Crippen MR) is 96.5 cm³/mol. The van der Waals surface area contributed by atoms with E-state index in [9.17, 15) is 0 Å². The van der Waals surface area contributed by atoms with Gasteiger partial charge in [0.1, 0.15) is 0 Å². The van der Waals surface area contributed by atoms with Gasteiger partial charge in [0.05, 0.1) is 0 Å². The molecule has 2 aliphatic carbocycles. The number of hydrogen-bond donors (Lipinski definition) is 0. The Kier molecular flexibility index (Phi) is 5.85. The van der Waals surface area contributed by atoms with E-state index in [1.165, 1.54) is 69.8 Å². The summed E-state index contributed by atoms with van der Waals surface area (Å²) in [4.78, 5) is 0. The Morgan fingerprint density at radius 2 is 1.27 bits per heavy atom. The molecule has 2 saturated carbocycles. The van der Waals surface area contributed by atoms with Crippen molar-refractivity contribution in [1.29, 1.82) is 0 Å². The summed E-state index contributed by atoms with van der Waals surface area (Å²) in [6.45, 7) is 2.42. The van der Waals surface area contributed by atoms with E-state index < -0.39 is 0 Å². The Bertz CT molecular complexity index is 433. The molecule has 2 aliphatic rings. The standard InChI is InChI=1S/C21H31Cl/c1-16-2-4-17(5-3-16)6-7-18-8-10-19(11-9-18)20-12-14-21(22)15-13-20/h12-19H,2-11H2,1H3. The second-order valence-electron chi connectivity index (χ2n) is 7.97. The van der Waals surface area contributed by atoms with E-state index >= 15 is 0 Å². The molecule has 0 aromatic heterocycles. The van der Waals surface area contributed by atoms with E-state index in [0.717, 1.165) is 28.7 Å². The van der Waals surface area contributed by atoms with Crippen LogP contribution in [0, 0.1) is 17.8 Å². The number of benzene rings is 1. The Morgan fingerprint density at radius 3 is 1.82 bits per heavy atom. The van der Waals surface area contributed by atoms with E-state index in [2.05, 4.69) is 19.1 Å². The third-order valence-electron chi connectivity index (χ3n) is 6.31. The molecule has 0 spiro atoms. The lowest BCUT2D eigenvalue weighted by atomic mass is 9.74. The monoisotopic (exact) mass is 318 g/mol. The number of rotatable bonds is 4. The first-order valence-electron chi connectivity index (χ1n) is 9.46. The van der Waals surface area contributed by atoms with Gasteiger partial charge in [0.2, 0.25) is 0 Å². The van der Waals surface area contributed by atoms with Gasteiger partial charge in [-0.1, -0.05) is 69.2 Å². The van der Waals surface area contributed by atoms with Gasteiger partial charge in [0.25, 0.3) is 0 Å². The smallest absolute Gasteiger partial charge is 0.0406 e. The molecule has 0 aliphatic heterocycles. The van der Waals surface area contributed by atoms with Crippen LogP contribution in [0.2, 0.25) is 5.02 Å². The van der Waals surface area contributed by atoms with Crippen molar-refractivity contribution in [1.82, 2.24) is 0 Å². The van der Waals surface area contributed by atoms with Crippen molar-refractivity contribution in [2.24, 2.45) is 17.8 Å². The number of hydrogen-bond acceptors (Lipinski definition) is 0. The molecule has 0 atom stereocenters. The second-order valence-corrected chi connectivity index (χ2v) is 8.41. The summed E-state index contributed by atoms with van der Waals surface area (Å²) >= 11 is 6.00. The van der Waals surface area contributed by atoms with Crippen LogP contribution in [0.4, 0.5) is 0 Å². The first-order chi connectivity index (χ1) is 10.7. The molecule has 0 saturated heterocycles. The largest absolute Gasteiger partial charge is 0.0843 e. The SMILES string of the molecule is CC1CCC(CCC2CCC(c3ccc(Cl)cc3)CC2)CC1. The van der Waals surface area contributed by atoms with E-state index in [4.69, 9.17) is 11.6 Å². The van der Waals surface area contributed by atoms with E-state index in [-0.39, 0.29) is 0 Å². The van der Waals surface area contributed by atoms with Crippen LogP contribution in [0.15, 0.2) is 24.3 Å². The molecule has 0 N–H and O–H groups in total. The molecule has 0 amide bonds. The maximum Gasteiger partial charge on any atom is 0.0406 e. The van der Waals surface area contributed by atoms with Crippen molar-refractivity contribution in [3.8, 4) is 0 Å². The van der Waals surface area contributed by atoms with E-state index in [1.807, 2.05) is 12.1 Å². The van der Waals surface area contributed by atoms with Crippen LogP contribution in [0.1, 0.15) is 82.6 Å². The maximum absolute atomic E-state index is 6.00. The Hall–Kier alpha value is -0.490. The minimum Gasteiger partial charge on any atom is -0.0843 e. The second kappa shape index (κ2) is 7.86. The fraction of sp³-hybridized carbons (Fsp3) is 0.714. The molecular weight excluding hydrogens is 288 g/mol. The molecule has 22 heavy (non-hydrogen) atoms. The molecule has 1 aromatic rings. The molecule has 1 aromatic carbocycles. The first-order valence-corrected chi connectivity index (χ1v) is 9.84. The van der Waals surface area contributed by atoms with Gasteiger partial charge in [-0.2, -0.15) is 0 Å². The van der Waals surface area contributed by atoms with Gasteiger partial charge in [-0.15, -0.1) is 0 Å². The molecule has 0 nitrogen and oxygen atoms in total. The van der Waals surface area contributed by atoms with Crippen molar-refractivity contribution >= 4 is 11.6 Å². The van der Waals surface area contributed by atoms with Crippen LogP contribution in [-0.4, -0.2) is 0 Å². The van der Waals surface area contributed by atoms with Crippen LogP contribution < -0.4 is 0 Å². The molecule has 0 unspecified atom stereocenters. The van der Waals surface area contributed by atoms with Crippen LogP contribution in [0.25, 0.3) is 0 Å². The van der Waals surface area contributed by atoms with Gasteiger partial charge in [-0.3, -0.25) is 0 Å². The zero-order chi connectivity index (χ0) is 15.4. The highest BCUT2D eigenvalue weighted by Gasteiger charge is 2.24. The third-order valence-corrected chi connectivity index (χ3v) is 6.56. The van der Waals surface area contributed by atoms with Crippen molar-refractivity contribution in [3.05, 3.63) is 34.9 Å². The highest BCUT2D eigenvalue weighted by Crippen LogP contribution is 2.39. The van der Waals surface area contributed by atoms with Crippen molar-refractivity contribution in [2.75, 3.05) is 0 Å².